The number of halogens is 2. The maximum Gasteiger partial charge on any atom is 0.307 e. The Morgan fingerprint density at radius 1 is 1.05 bits per heavy atom. The molecule has 5 nitrogen and oxygen atoms in total. The van der Waals surface area contributed by atoms with Crippen LogP contribution in [0.1, 0.15) is 65.7 Å². The summed E-state index contributed by atoms with van der Waals surface area (Å²) >= 11 is 0. The van der Waals surface area contributed by atoms with Crippen LogP contribution in [0.25, 0.3) is 16.7 Å². The van der Waals surface area contributed by atoms with Crippen molar-refractivity contribution in [2.24, 2.45) is 11.3 Å². The highest BCUT2D eigenvalue weighted by Crippen LogP contribution is 2.57. The minimum atomic E-state index is -1.00. The summed E-state index contributed by atoms with van der Waals surface area (Å²) in [6.45, 7) is 6.44. The van der Waals surface area contributed by atoms with Gasteiger partial charge < -0.3 is 15.2 Å². The molecule has 206 valence electrons. The molecule has 1 aliphatic heterocycles. The van der Waals surface area contributed by atoms with Gasteiger partial charge in [-0.3, -0.25) is 9.59 Å². The van der Waals surface area contributed by atoms with Gasteiger partial charge in [-0.2, -0.15) is 0 Å². The molecule has 1 saturated carbocycles. The van der Waals surface area contributed by atoms with Gasteiger partial charge in [0.2, 0.25) is 0 Å². The summed E-state index contributed by atoms with van der Waals surface area (Å²) in [7, 11) is 0. The SMILES string of the molecule is Cc1ccc(F)c(-c2ccc(COc3ccc4c(c3F)[C@]3(CNC4=O)C[C@@H]3C(=O)O)cc2C2=CCCC2(C)C)c1. The van der Waals surface area contributed by atoms with Crippen molar-refractivity contribution in [2.75, 3.05) is 6.54 Å². The van der Waals surface area contributed by atoms with E-state index in [-0.39, 0.29) is 47.7 Å². The predicted octanol–water partition coefficient (Wildman–Crippen LogP) is 6.81. The van der Waals surface area contributed by atoms with Crippen LogP contribution in [0.2, 0.25) is 0 Å². The van der Waals surface area contributed by atoms with Gasteiger partial charge in [-0.05, 0) is 84.2 Å². The normalized spacial score (nSPS) is 22.5. The topological polar surface area (TPSA) is 75.6 Å². The lowest BCUT2D eigenvalue weighted by molar-refractivity contribution is -0.139. The molecule has 2 N–H and O–H groups in total. The van der Waals surface area contributed by atoms with E-state index in [0.717, 1.165) is 40.7 Å². The Kier molecular flexibility index (Phi) is 6.09. The van der Waals surface area contributed by atoms with Gasteiger partial charge in [0.15, 0.2) is 11.6 Å². The smallest absolute Gasteiger partial charge is 0.307 e. The summed E-state index contributed by atoms with van der Waals surface area (Å²) < 4.78 is 36.8. The molecule has 0 aromatic heterocycles. The van der Waals surface area contributed by atoms with E-state index in [1.807, 2.05) is 31.2 Å². The summed E-state index contributed by atoms with van der Waals surface area (Å²) in [5.74, 6) is -3.18. The summed E-state index contributed by atoms with van der Waals surface area (Å²) in [6, 6.07) is 13.8. The Hall–Kier alpha value is -4.00. The number of benzene rings is 3. The number of fused-ring (bicyclic) bond motifs is 2. The molecule has 0 radical (unpaired) electrons. The highest BCUT2D eigenvalue weighted by molar-refractivity contribution is 5.99. The van der Waals surface area contributed by atoms with Crippen molar-refractivity contribution in [2.45, 2.75) is 52.1 Å². The number of rotatable bonds is 6. The van der Waals surface area contributed by atoms with Crippen molar-refractivity contribution < 1.29 is 28.2 Å². The van der Waals surface area contributed by atoms with Crippen molar-refractivity contribution in [3.63, 3.8) is 0 Å². The molecule has 1 fully saturated rings. The number of nitrogens with one attached hydrogen (secondary N) is 1. The molecular formula is C33H31F2NO4. The van der Waals surface area contributed by atoms with E-state index >= 15 is 4.39 Å². The standard InChI is InChI=1S/C33H31F2NO4/c1-18-6-10-26(34)23(13-18)20-8-7-19(14-22(20)24-5-4-12-32(24,2)3)16-40-27-11-9-21-28(29(27)35)33(17-36-30(21)37)15-25(33)31(38)39/h5-11,13-14,25H,4,12,15-17H2,1-3H3,(H,36,37)(H,38,39)/t25-,33+/m1/s1. The number of aliphatic carboxylic acids is 1. The fraction of sp³-hybridized carbons (Fsp3) is 0.333. The maximum absolute atomic E-state index is 15.8. The molecule has 7 heteroatoms. The molecule has 40 heavy (non-hydrogen) atoms. The highest BCUT2D eigenvalue weighted by atomic mass is 19.1. The number of carbonyl (C=O) groups is 2. The maximum atomic E-state index is 15.8. The van der Waals surface area contributed by atoms with Crippen molar-refractivity contribution in [3.8, 4) is 16.9 Å². The van der Waals surface area contributed by atoms with Crippen LogP contribution in [-0.4, -0.2) is 23.5 Å². The van der Waals surface area contributed by atoms with Crippen LogP contribution >= 0.6 is 0 Å². The number of ether oxygens (including phenoxy) is 1. The molecule has 3 aromatic rings. The van der Waals surface area contributed by atoms with Gasteiger partial charge in [-0.15, -0.1) is 0 Å². The third kappa shape index (κ3) is 4.19. The van der Waals surface area contributed by atoms with Gasteiger partial charge in [-0.1, -0.05) is 43.7 Å². The fourth-order valence-electron chi connectivity index (χ4n) is 6.48. The summed E-state index contributed by atoms with van der Waals surface area (Å²) in [5, 5.41) is 12.3. The highest BCUT2D eigenvalue weighted by Gasteiger charge is 2.63. The zero-order valence-corrected chi connectivity index (χ0v) is 22.7. The van der Waals surface area contributed by atoms with Crippen LogP contribution in [-0.2, 0) is 16.8 Å². The fourth-order valence-corrected chi connectivity index (χ4v) is 6.48. The lowest BCUT2D eigenvalue weighted by atomic mass is 9.79. The van der Waals surface area contributed by atoms with Gasteiger partial charge in [-0.25, -0.2) is 8.78 Å². The Labute approximate surface area is 231 Å². The summed E-state index contributed by atoms with van der Waals surface area (Å²) in [5.41, 5.74) is 4.40. The van der Waals surface area contributed by atoms with E-state index in [2.05, 4.69) is 25.2 Å². The van der Waals surface area contributed by atoms with Gasteiger partial charge in [0.25, 0.3) is 5.91 Å². The molecule has 0 unspecified atom stereocenters. The largest absolute Gasteiger partial charge is 0.486 e. The quantitative estimate of drug-likeness (QED) is 0.358. The number of allylic oxidation sites excluding steroid dienone is 2. The molecule has 1 amide bonds. The molecule has 3 aliphatic rings. The molecule has 0 saturated heterocycles. The first kappa shape index (κ1) is 26.2. The van der Waals surface area contributed by atoms with Crippen molar-refractivity contribution in [3.05, 3.63) is 94.1 Å². The van der Waals surface area contributed by atoms with E-state index in [9.17, 15) is 19.1 Å². The van der Waals surface area contributed by atoms with Crippen LogP contribution < -0.4 is 10.1 Å². The summed E-state index contributed by atoms with van der Waals surface area (Å²) in [4.78, 5) is 24.1. The van der Waals surface area contributed by atoms with Crippen LogP contribution in [0.15, 0.2) is 54.6 Å². The van der Waals surface area contributed by atoms with Crippen LogP contribution in [0, 0.1) is 29.9 Å². The number of carbonyl (C=O) groups excluding carboxylic acids is 1. The second kappa shape index (κ2) is 9.29. The molecule has 3 aromatic carbocycles. The molecule has 0 bridgehead atoms. The molecule has 2 aliphatic carbocycles. The van der Waals surface area contributed by atoms with Gasteiger partial charge >= 0.3 is 5.97 Å². The summed E-state index contributed by atoms with van der Waals surface area (Å²) in [6.07, 6.45) is 4.40. The minimum absolute atomic E-state index is 0.0281. The molecule has 1 spiro atoms. The average Bonchev–Trinajstić information content (AvgIpc) is 3.53. The molecular weight excluding hydrogens is 512 g/mol. The van der Waals surface area contributed by atoms with E-state index in [1.54, 1.807) is 6.07 Å². The number of amides is 1. The predicted molar refractivity (Wildman–Crippen MR) is 148 cm³/mol. The molecule has 1 heterocycles. The van der Waals surface area contributed by atoms with E-state index < -0.39 is 29.0 Å². The Morgan fingerprint density at radius 3 is 2.52 bits per heavy atom. The monoisotopic (exact) mass is 543 g/mol. The van der Waals surface area contributed by atoms with Gasteiger partial charge in [0.05, 0.1) is 5.92 Å². The second-order valence-electron chi connectivity index (χ2n) is 11.9. The number of aryl methyl sites for hydroxylation is 1. The van der Waals surface area contributed by atoms with Gasteiger partial charge in [0.1, 0.15) is 12.4 Å². The number of hydrogen-bond donors (Lipinski definition) is 2. The van der Waals surface area contributed by atoms with Crippen LogP contribution in [0.3, 0.4) is 0 Å². The van der Waals surface area contributed by atoms with E-state index in [0.29, 0.717) is 5.56 Å². The third-order valence-corrected chi connectivity index (χ3v) is 8.81. The Bertz CT molecular complexity index is 1610. The first-order valence-electron chi connectivity index (χ1n) is 13.6. The van der Waals surface area contributed by atoms with Crippen molar-refractivity contribution >= 4 is 17.4 Å². The Balaban J connectivity index is 1.35. The van der Waals surface area contributed by atoms with Crippen molar-refractivity contribution in [1.29, 1.82) is 0 Å². The van der Waals surface area contributed by atoms with Crippen molar-refractivity contribution in [1.82, 2.24) is 5.32 Å². The number of carboxylic acid groups (broad SMARTS) is 1. The van der Waals surface area contributed by atoms with E-state index in [4.69, 9.17) is 4.74 Å². The lowest BCUT2D eigenvalue weighted by Gasteiger charge is -2.27. The molecule has 2 atom stereocenters. The number of carboxylic acids is 1. The first-order valence-corrected chi connectivity index (χ1v) is 13.6. The average molecular weight is 544 g/mol. The zero-order valence-electron chi connectivity index (χ0n) is 22.7. The third-order valence-electron chi connectivity index (χ3n) is 8.81. The number of hydrogen-bond acceptors (Lipinski definition) is 3. The second-order valence-corrected chi connectivity index (χ2v) is 11.9. The first-order chi connectivity index (χ1) is 19.0. The van der Waals surface area contributed by atoms with Crippen LogP contribution in [0.5, 0.6) is 5.75 Å². The Morgan fingerprint density at radius 2 is 1.82 bits per heavy atom. The molecule has 6 rings (SSSR count). The van der Waals surface area contributed by atoms with Crippen LogP contribution in [0.4, 0.5) is 8.78 Å². The minimum Gasteiger partial charge on any atom is -0.486 e. The lowest BCUT2D eigenvalue weighted by Crippen LogP contribution is -2.41. The van der Waals surface area contributed by atoms with E-state index in [1.165, 1.54) is 18.2 Å². The zero-order chi connectivity index (χ0) is 28.4. The van der Waals surface area contributed by atoms with Gasteiger partial charge in [0, 0.05) is 28.7 Å².